The molecule has 0 aliphatic heterocycles. The SMILES string of the molecule is CCCC(NC(CCC)OC(C)=O)OC(C)=O. The maximum Gasteiger partial charge on any atom is 0.304 e. The third-order valence-corrected chi connectivity index (χ3v) is 2.09. The Labute approximate surface area is 103 Å². The summed E-state index contributed by atoms with van der Waals surface area (Å²) < 4.78 is 10.2. The van der Waals surface area contributed by atoms with Gasteiger partial charge in [0.25, 0.3) is 0 Å². The van der Waals surface area contributed by atoms with E-state index in [2.05, 4.69) is 5.32 Å². The molecule has 1 N–H and O–H groups in total. The first-order valence-corrected chi connectivity index (χ1v) is 6.10. The molecule has 0 saturated carbocycles. The van der Waals surface area contributed by atoms with E-state index in [1.807, 2.05) is 13.8 Å². The number of nitrogens with one attached hydrogen (secondary N) is 1. The molecule has 0 bridgehead atoms. The van der Waals surface area contributed by atoms with Gasteiger partial charge in [-0.1, -0.05) is 26.7 Å². The Morgan fingerprint density at radius 1 is 0.941 bits per heavy atom. The Morgan fingerprint density at radius 2 is 1.29 bits per heavy atom. The van der Waals surface area contributed by atoms with Gasteiger partial charge < -0.3 is 9.47 Å². The highest BCUT2D eigenvalue weighted by Gasteiger charge is 2.18. The molecule has 0 heterocycles. The summed E-state index contributed by atoms with van der Waals surface area (Å²) in [6.45, 7) is 6.73. The van der Waals surface area contributed by atoms with E-state index in [1.54, 1.807) is 0 Å². The van der Waals surface area contributed by atoms with E-state index in [9.17, 15) is 9.59 Å². The summed E-state index contributed by atoms with van der Waals surface area (Å²) in [6, 6.07) is 0. The highest BCUT2D eigenvalue weighted by Crippen LogP contribution is 2.06. The maximum atomic E-state index is 10.9. The maximum absolute atomic E-state index is 10.9. The molecule has 0 aromatic rings. The summed E-state index contributed by atoms with van der Waals surface area (Å²) in [5, 5.41) is 3.03. The lowest BCUT2D eigenvalue weighted by atomic mass is 10.2. The normalized spacial score (nSPS) is 13.9. The fourth-order valence-corrected chi connectivity index (χ4v) is 1.48. The fraction of sp³-hybridized carbons (Fsp3) is 0.833. The quantitative estimate of drug-likeness (QED) is 0.523. The van der Waals surface area contributed by atoms with Crippen LogP contribution in [0.15, 0.2) is 0 Å². The number of ether oxygens (including phenoxy) is 2. The van der Waals surface area contributed by atoms with Crippen molar-refractivity contribution in [1.29, 1.82) is 0 Å². The van der Waals surface area contributed by atoms with Crippen LogP contribution >= 0.6 is 0 Å². The molecule has 17 heavy (non-hydrogen) atoms. The van der Waals surface area contributed by atoms with E-state index >= 15 is 0 Å². The summed E-state index contributed by atoms with van der Waals surface area (Å²) in [5.41, 5.74) is 0. The molecule has 0 radical (unpaired) electrons. The van der Waals surface area contributed by atoms with E-state index in [4.69, 9.17) is 9.47 Å². The van der Waals surface area contributed by atoms with Crippen LogP contribution in [0.3, 0.4) is 0 Å². The minimum atomic E-state index is -0.395. The van der Waals surface area contributed by atoms with E-state index in [-0.39, 0.29) is 11.9 Å². The second-order valence-corrected chi connectivity index (χ2v) is 3.94. The minimum absolute atomic E-state index is 0.339. The molecule has 2 atom stereocenters. The van der Waals surface area contributed by atoms with Gasteiger partial charge in [-0.3, -0.25) is 9.59 Å². The molecular weight excluding hydrogens is 222 g/mol. The highest BCUT2D eigenvalue weighted by molar-refractivity contribution is 5.66. The smallest absolute Gasteiger partial charge is 0.304 e. The third kappa shape index (κ3) is 8.68. The van der Waals surface area contributed by atoms with Crippen LogP contribution in [-0.4, -0.2) is 24.4 Å². The Hall–Kier alpha value is -1.10. The van der Waals surface area contributed by atoms with Crippen LogP contribution in [0.2, 0.25) is 0 Å². The van der Waals surface area contributed by atoms with Gasteiger partial charge in [-0.25, -0.2) is 5.32 Å². The van der Waals surface area contributed by atoms with Crippen LogP contribution in [0, 0.1) is 0 Å². The Kier molecular flexibility index (Phi) is 8.40. The van der Waals surface area contributed by atoms with Crippen LogP contribution in [-0.2, 0) is 19.1 Å². The number of hydrogen-bond acceptors (Lipinski definition) is 5. The standard InChI is InChI=1S/C12H23NO4/c1-5-7-11(16-9(3)14)13-12(8-6-2)17-10(4)15/h11-13H,5-8H2,1-4H3. The van der Waals surface area contributed by atoms with Crippen LogP contribution in [0.1, 0.15) is 53.4 Å². The van der Waals surface area contributed by atoms with Crippen LogP contribution in [0.4, 0.5) is 0 Å². The molecule has 0 aromatic heterocycles. The average Bonchev–Trinajstić information content (AvgIpc) is 2.16. The molecule has 100 valence electrons. The molecule has 0 amide bonds. The molecule has 0 aliphatic rings. The first kappa shape index (κ1) is 15.9. The van der Waals surface area contributed by atoms with Crippen molar-refractivity contribution >= 4 is 11.9 Å². The van der Waals surface area contributed by atoms with Crippen molar-refractivity contribution < 1.29 is 19.1 Å². The summed E-state index contributed by atoms with van der Waals surface area (Å²) in [6.07, 6.45) is 2.36. The van der Waals surface area contributed by atoms with Gasteiger partial charge in [-0.15, -0.1) is 0 Å². The molecular formula is C12H23NO4. The lowest BCUT2D eigenvalue weighted by Crippen LogP contribution is -2.43. The molecule has 0 aromatic carbocycles. The Balaban J connectivity index is 4.31. The van der Waals surface area contributed by atoms with Crippen LogP contribution in [0.25, 0.3) is 0 Å². The highest BCUT2D eigenvalue weighted by atomic mass is 16.6. The number of carbonyl (C=O) groups is 2. The summed E-state index contributed by atoms with van der Waals surface area (Å²) in [7, 11) is 0. The zero-order chi connectivity index (χ0) is 13.3. The predicted octanol–water partition coefficient (Wildman–Crippen LogP) is 1.95. The second kappa shape index (κ2) is 8.98. The molecule has 0 aliphatic carbocycles. The topological polar surface area (TPSA) is 64.6 Å². The first-order valence-electron chi connectivity index (χ1n) is 6.10. The average molecular weight is 245 g/mol. The van der Waals surface area contributed by atoms with Crippen molar-refractivity contribution in [1.82, 2.24) is 5.32 Å². The van der Waals surface area contributed by atoms with Gasteiger partial charge in [0.2, 0.25) is 0 Å². The van der Waals surface area contributed by atoms with Crippen molar-refractivity contribution in [2.45, 2.75) is 65.8 Å². The Bertz CT molecular complexity index is 219. The third-order valence-electron chi connectivity index (χ3n) is 2.09. The van der Waals surface area contributed by atoms with Gasteiger partial charge in [0.1, 0.15) is 0 Å². The lowest BCUT2D eigenvalue weighted by Gasteiger charge is -2.24. The van der Waals surface area contributed by atoms with E-state index in [0.29, 0.717) is 12.8 Å². The largest absolute Gasteiger partial charge is 0.447 e. The van der Waals surface area contributed by atoms with Gasteiger partial charge in [0.15, 0.2) is 12.5 Å². The number of rotatable bonds is 8. The van der Waals surface area contributed by atoms with Crippen LogP contribution < -0.4 is 5.32 Å². The number of carbonyl (C=O) groups excluding carboxylic acids is 2. The molecule has 0 fully saturated rings. The van der Waals surface area contributed by atoms with E-state index < -0.39 is 12.5 Å². The Morgan fingerprint density at radius 3 is 1.53 bits per heavy atom. The van der Waals surface area contributed by atoms with Crippen molar-refractivity contribution in [3.63, 3.8) is 0 Å². The van der Waals surface area contributed by atoms with Crippen molar-refractivity contribution in [2.24, 2.45) is 0 Å². The number of esters is 2. The zero-order valence-electron chi connectivity index (χ0n) is 11.1. The van der Waals surface area contributed by atoms with Gasteiger partial charge in [-0.2, -0.15) is 0 Å². The first-order chi connectivity index (χ1) is 7.99. The van der Waals surface area contributed by atoms with Gasteiger partial charge in [0.05, 0.1) is 0 Å². The van der Waals surface area contributed by atoms with Crippen molar-refractivity contribution in [2.75, 3.05) is 0 Å². The van der Waals surface area contributed by atoms with Gasteiger partial charge >= 0.3 is 11.9 Å². The monoisotopic (exact) mass is 245 g/mol. The predicted molar refractivity (Wildman–Crippen MR) is 64.1 cm³/mol. The molecule has 2 unspecified atom stereocenters. The molecule has 5 heteroatoms. The zero-order valence-corrected chi connectivity index (χ0v) is 11.1. The molecule has 0 rings (SSSR count). The molecule has 0 spiro atoms. The number of hydrogen-bond donors (Lipinski definition) is 1. The summed E-state index contributed by atoms with van der Waals surface area (Å²) in [4.78, 5) is 21.8. The summed E-state index contributed by atoms with van der Waals surface area (Å²) >= 11 is 0. The van der Waals surface area contributed by atoms with Crippen molar-refractivity contribution in [3.05, 3.63) is 0 Å². The van der Waals surface area contributed by atoms with Crippen LogP contribution in [0.5, 0.6) is 0 Å². The van der Waals surface area contributed by atoms with E-state index in [1.165, 1.54) is 13.8 Å². The summed E-state index contributed by atoms with van der Waals surface area (Å²) in [5.74, 6) is -0.678. The lowest BCUT2D eigenvalue weighted by molar-refractivity contribution is -0.157. The fourth-order valence-electron chi connectivity index (χ4n) is 1.48. The minimum Gasteiger partial charge on any atom is -0.447 e. The van der Waals surface area contributed by atoms with E-state index in [0.717, 1.165) is 12.8 Å². The van der Waals surface area contributed by atoms with Gasteiger partial charge in [0, 0.05) is 13.8 Å². The molecule has 0 saturated heterocycles. The van der Waals surface area contributed by atoms with Gasteiger partial charge in [-0.05, 0) is 12.8 Å². The van der Waals surface area contributed by atoms with Crippen molar-refractivity contribution in [3.8, 4) is 0 Å². The molecule has 5 nitrogen and oxygen atoms in total. The second-order valence-electron chi connectivity index (χ2n) is 3.94.